The molecule has 37 heavy (non-hydrogen) atoms. The Kier molecular flexibility index (Phi) is 15.0. The van der Waals surface area contributed by atoms with E-state index < -0.39 is 45.6 Å². The molecule has 2 fully saturated rings. The molecule has 4 atom stereocenters. The number of ether oxygens (including phenoxy) is 1. The van der Waals surface area contributed by atoms with Gasteiger partial charge in [0.25, 0.3) is 0 Å². The molecular weight excluding hydrogens is 513 g/mol. The second kappa shape index (κ2) is 16.2. The van der Waals surface area contributed by atoms with Crippen molar-refractivity contribution in [3.63, 3.8) is 0 Å². The molecule has 0 aromatic heterocycles. The zero-order valence-electron chi connectivity index (χ0n) is 22.5. The van der Waals surface area contributed by atoms with E-state index in [0.29, 0.717) is 18.9 Å². The molecule has 1 aliphatic heterocycles. The molecule has 0 aromatic carbocycles. The SMILES string of the molecule is CCCCC1CCC(OC(=O)N[C@@H](CC(C)C)C(=O)N[C@@H](C[C@H]2CCNC2=O)C(O)S(=O)(=O)[O-])CC1.[Na+]. The van der Waals surface area contributed by atoms with Crippen molar-refractivity contribution in [1.82, 2.24) is 16.0 Å². The summed E-state index contributed by atoms with van der Waals surface area (Å²) in [6, 6.07) is -2.57. The molecule has 13 heteroatoms. The van der Waals surface area contributed by atoms with Crippen LogP contribution in [0, 0.1) is 17.8 Å². The van der Waals surface area contributed by atoms with Crippen LogP contribution >= 0.6 is 0 Å². The standard InChI is InChI=1S/C24H43N3O8S.Na/c1-4-5-6-16-7-9-18(10-8-16)35-24(31)27-19(13-15(2)3)22(29)26-20(23(30)36(32,33)34)14-17-11-12-25-21(17)28;/h15-20,23,30H,4-14H2,1-3H3,(H,25,28)(H,26,29)(H,27,31)(H,32,33,34);/q;+1/p-1/t16?,17-,18?,19+,20+,23?;/m1./s1. The summed E-state index contributed by atoms with van der Waals surface area (Å²) in [7, 11) is -5.16. The Labute approximate surface area is 242 Å². The number of hydrogen-bond acceptors (Lipinski definition) is 8. The minimum atomic E-state index is -5.16. The predicted molar refractivity (Wildman–Crippen MR) is 131 cm³/mol. The quantitative estimate of drug-likeness (QED) is 0.161. The fraction of sp³-hybridized carbons (Fsp3) is 0.875. The second-order valence-corrected chi connectivity index (χ2v) is 12.0. The molecule has 11 nitrogen and oxygen atoms in total. The summed E-state index contributed by atoms with van der Waals surface area (Å²) in [5.74, 6) is -1.11. The number of rotatable bonds is 13. The van der Waals surface area contributed by atoms with Crippen molar-refractivity contribution >= 4 is 28.0 Å². The van der Waals surface area contributed by atoms with Crippen molar-refractivity contribution < 1.29 is 66.8 Å². The zero-order valence-corrected chi connectivity index (χ0v) is 25.3. The van der Waals surface area contributed by atoms with Gasteiger partial charge in [0.1, 0.15) is 22.3 Å². The number of aliphatic hydroxyl groups is 1. The minimum Gasteiger partial charge on any atom is -0.746 e. The van der Waals surface area contributed by atoms with Gasteiger partial charge in [0.15, 0.2) is 5.44 Å². The molecule has 2 aliphatic rings. The molecule has 1 saturated heterocycles. The van der Waals surface area contributed by atoms with Crippen molar-refractivity contribution in [2.45, 2.75) is 109 Å². The van der Waals surface area contributed by atoms with Gasteiger partial charge in [-0.1, -0.05) is 40.0 Å². The van der Waals surface area contributed by atoms with Gasteiger partial charge in [0, 0.05) is 12.5 Å². The van der Waals surface area contributed by atoms with E-state index in [-0.39, 0.29) is 60.3 Å². The summed E-state index contributed by atoms with van der Waals surface area (Å²) in [6.45, 7) is 6.25. The van der Waals surface area contributed by atoms with Crippen LogP contribution in [0.1, 0.15) is 85.0 Å². The Balaban J connectivity index is 0.00000684. The molecule has 3 amide bonds. The van der Waals surface area contributed by atoms with Crippen LogP contribution < -0.4 is 45.5 Å². The van der Waals surface area contributed by atoms with Crippen molar-refractivity contribution in [2.24, 2.45) is 17.8 Å². The van der Waals surface area contributed by atoms with Crippen LogP contribution in [0.3, 0.4) is 0 Å². The van der Waals surface area contributed by atoms with E-state index in [4.69, 9.17) is 4.74 Å². The maximum Gasteiger partial charge on any atom is 1.00 e. The average molecular weight is 556 g/mol. The Morgan fingerprint density at radius 1 is 1.16 bits per heavy atom. The minimum absolute atomic E-state index is 0. The van der Waals surface area contributed by atoms with Crippen LogP contribution in [-0.4, -0.2) is 66.2 Å². The van der Waals surface area contributed by atoms with E-state index in [0.717, 1.165) is 32.1 Å². The third-order valence-electron chi connectivity index (χ3n) is 7.02. The number of alkyl carbamates (subject to hydrolysis) is 1. The maximum absolute atomic E-state index is 13.1. The van der Waals surface area contributed by atoms with E-state index in [1.165, 1.54) is 12.8 Å². The van der Waals surface area contributed by atoms with Gasteiger partial charge >= 0.3 is 35.7 Å². The van der Waals surface area contributed by atoms with Crippen LogP contribution in [0.4, 0.5) is 4.79 Å². The number of carbonyl (C=O) groups excluding carboxylic acids is 3. The van der Waals surface area contributed by atoms with Gasteiger partial charge in [-0.25, -0.2) is 13.2 Å². The van der Waals surface area contributed by atoms with Gasteiger partial charge in [-0.05, 0) is 56.8 Å². The molecule has 2 rings (SSSR count). The molecule has 0 radical (unpaired) electrons. The molecule has 208 valence electrons. The number of aliphatic hydroxyl groups excluding tert-OH is 1. The van der Waals surface area contributed by atoms with Crippen LogP contribution in [0.25, 0.3) is 0 Å². The van der Waals surface area contributed by atoms with Gasteiger partial charge in [0.05, 0.1) is 6.04 Å². The zero-order chi connectivity index (χ0) is 26.9. The van der Waals surface area contributed by atoms with E-state index in [2.05, 4.69) is 22.9 Å². The topological polar surface area (TPSA) is 174 Å². The predicted octanol–water partition coefficient (Wildman–Crippen LogP) is -1.25. The summed E-state index contributed by atoms with van der Waals surface area (Å²) in [5.41, 5.74) is -2.43. The second-order valence-electron chi connectivity index (χ2n) is 10.5. The summed E-state index contributed by atoms with van der Waals surface area (Å²) < 4.78 is 40.0. The van der Waals surface area contributed by atoms with Gasteiger partial charge in [-0.2, -0.15) is 0 Å². The van der Waals surface area contributed by atoms with Crippen LogP contribution in [-0.2, 0) is 24.4 Å². The molecule has 1 saturated carbocycles. The number of unbranched alkanes of at least 4 members (excludes halogenated alkanes) is 1. The molecule has 0 bridgehead atoms. The normalized spacial score (nSPS) is 24.4. The molecule has 1 aliphatic carbocycles. The third-order valence-corrected chi connectivity index (χ3v) is 7.94. The summed E-state index contributed by atoms with van der Waals surface area (Å²) in [4.78, 5) is 37.6. The van der Waals surface area contributed by atoms with E-state index in [9.17, 15) is 32.5 Å². The van der Waals surface area contributed by atoms with Crippen molar-refractivity contribution in [3.05, 3.63) is 0 Å². The smallest absolute Gasteiger partial charge is 0.746 e. The molecule has 0 aromatic rings. The van der Waals surface area contributed by atoms with Crippen molar-refractivity contribution in [3.8, 4) is 0 Å². The first kappa shape index (κ1) is 34.1. The summed E-state index contributed by atoms with van der Waals surface area (Å²) >= 11 is 0. The molecule has 0 spiro atoms. The van der Waals surface area contributed by atoms with Crippen molar-refractivity contribution in [1.29, 1.82) is 0 Å². The van der Waals surface area contributed by atoms with E-state index >= 15 is 0 Å². The number of carbonyl (C=O) groups is 3. The first-order valence-electron chi connectivity index (χ1n) is 13.1. The van der Waals surface area contributed by atoms with Crippen molar-refractivity contribution in [2.75, 3.05) is 6.54 Å². The third kappa shape index (κ3) is 11.8. The van der Waals surface area contributed by atoms with Gasteiger partial charge < -0.3 is 30.3 Å². The largest absolute Gasteiger partial charge is 1.00 e. The van der Waals surface area contributed by atoms with Gasteiger partial charge in [-0.3, -0.25) is 9.59 Å². The molecular formula is C24H42N3NaO8S. The molecule has 1 heterocycles. The Morgan fingerprint density at radius 3 is 2.32 bits per heavy atom. The number of hydrogen-bond donors (Lipinski definition) is 4. The first-order valence-corrected chi connectivity index (χ1v) is 14.6. The van der Waals surface area contributed by atoms with Crippen LogP contribution in [0.15, 0.2) is 0 Å². The Hall–Kier alpha value is -0.920. The fourth-order valence-corrected chi connectivity index (χ4v) is 5.55. The van der Waals surface area contributed by atoms with Crippen LogP contribution in [0.5, 0.6) is 0 Å². The maximum atomic E-state index is 13.1. The first-order chi connectivity index (χ1) is 16.9. The van der Waals surface area contributed by atoms with Gasteiger partial charge in [-0.15, -0.1) is 0 Å². The summed E-state index contributed by atoms with van der Waals surface area (Å²) in [5, 5.41) is 17.7. The van der Waals surface area contributed by atoms with Gasteiger partial charge in [0.2, 0.25) is 11.8 Å². The Bertz CT molecular complexity index is 849. The monoisotopic (exact) mass is 555 g/mol. The van der Waals surface area contributed by atoms with Crippen LogP contribution in [0.2, 0.25) is 0 Å². The summed E-state index contributed by atoms with van der Waals surface area (Å²) in [6.07, 6.45) is 6.46. The fourth-order valence-electron chi connectivity index (χ4n) is 4.97. The molecule has 1 unspecified atom stereocenters. The Morgan fingerprint density at radius 2 is 1.81 bits per heavy atom. The van der Waals surface area contributed by atoms with E-state index in [1.54, 1.807) is 0 Å². The number of amides is 3. The average Bonchev–Trinajstić information content (AvgIpc) is 3.20. The van der Waals surface area contributed by atoms with E-state index in [1.807, 2.05) is 13.8 Å². The number of nitrogens with one attached hydrogen (secondary N) is 3. The molecule has 4 N–H and O–H groups in total.